The normalized spacial score (nSPS) is 9.59. The van der Waals surface area contributed by atoms with Crippen molar-refractivity contribution in [3.8, 4) is 12.1 Å². The highest BCUT2D eigenvalue weighted by molar-refractivity contribution is 6.10. The van der Waals surface area contributed by atoms with E-state index in [1.54, 1.807) is 12.1 Å². The van der Waals surface area contributed by atoms with Crippen molar-refractivity contribution in [2.24, 2.45) is 12.0 Å². The van der Waals surface area contributed by atoms with E-state index in [4.69, 9.17) is 10.5 Å². The van der Waals surface area contributed by atoms with E-state index in [1.165, 1.54) is 0 Å². The lowest BCUT2D eigenvalue weighted by Crippen LogP contribution is -1.91. The number of hydrogen-bond acceptors (Lipinski definition) is 3. The number of aliphatic imine (C=N–C) groups is 1. The topological polar surface area (TPSA) is 64.9 Å². The maximum Gasteiger partial charge on any atom is 0.213 e. The van der Waals surface area contributed by atoms with E-state index in [2.05, 4.69) is 4.99 Å². The molecule has 0 aliphatic rings. The summed E-state index contributed by atoms with van der Waals surface area (Å²) in [6.07, 6.45) is 1.99. The molecule has 0 fully saturated rings. The number of aromatic nitrogens is 1. The number of benzene rings is 1. The molecule has 0 aliphatic carbocycles. The lowest BCUT2D eigenvalue weighted by molar-refractivity contribution is 0.968. The van der Waals surface area contributed by atoms with Crippen LogP contribution in [-0.4, -0.2) is 10.3 Å². The Morgan fingerprint density at radius 2 is 2.06 bits per heavy atom. The van der Waals surface area contributed by atoms with Gasteiger partial charge in [0.1, 0.15) is 12.1 Å². The van der Waals surface area contributed by atoms with Gasteiger partial charge in [-0.2, -0.15) is 10.5 Å². The van der Waals surface area contributed by atoms with E-state index in [1.807, 2.05) is 42.1 Å². The highest BCUT2D eigenvalue weighted by atomic mass is 14.9. The monoisotopic (exact) mass is 222 g/mol. The summed E-state index contributed by atoms with van der Waals surface area (Å²) in [5, 5.41) is 18.3. The molecule has 0 radical (unpaired) electrons. The molecular formula is C13H10N4. The minimum Gasteiger partial charge on any atom is -0.351 e. The van der Waals surface area contributed by atoms with Crippen LogP contribution in [0.2, 0.25) is 0 Å². The lowest BCUT2D eigenvalue weighted by Gasteiger charge is -1.99. The number of rotatable bonds is 2. The van der Waals surface area contributed by atoms with E-state index in [0.717, 1.165) is 16.5 Å². The fourth-order valence-electron chi connectivity index (χ4n) is 1.70. The van der Waals surface area contributed by atoms with Crippen molar-refractivity contribution in [1.29, 1.82) is 10.5 Å². The van der Waals surface area contributed by atoms with Crippen LogP contribution in [0.1, 0.15) is 5.56 Å². The molecule has 2 rings (SSSR count). The van der Waals surface area contributed by atoms with Gasteiger partial charge in [0.05, 0.1) is 6.54 Å². The van der Waals surface area contributed by atoms with Crippen molar-refractivity contribution < 1.29 is 0 Å². The standard InChI is InChI=1S/C13H10N4/c1-17-5-4-11-6-10(2-3-13(11)17)9-16-12(7-14)8-15/h2-6H,9H2,1H3. The zero-order chi connectivity index (χ0) is 12.3. The second-order valence-electron chi connectivity index (χ2n) is 3.71. The van der Waals surface area contributed by atoms with E-state index in [9.17, 15) is 0 Å². The average Bonchev–Trinajstić information content (AvgIpc) is 2.72. The summed E-state index contributed by atoms with van der Waals surface area (Å²) in [5.74, 6) is 0. The van der Waals surface area contributed by atoms with Gasteiger partial charge in [0.15, 0.2) is 0 Å². The maximum absolute atomic E-state index is 8.57. The fraction of sp³-hybridized carbons (Fsp3) is 0.154. The zero-order valence-electron chi connectivity index (χ0n) is 9.38. The van der Waals surface area contributed by atoms with Gasteiger partial charge in [-0.1, -0.05) is 6.07 Å². The summed E-state index contributed by atoms with van der Waals surface area (Å²) < 4.78 is 2.04. The number of hydrogen-bond donors (Lipinski definition) is 0. The van der Waals surface area contributed by atoms with Gasteiger partial charge >= 0.3 is 0 Å². The van der Waals surface area contributed by atoms with Gasteiger partial charge in [-0.15, -0.1) is 0 Å². The fourth-order valence-corrected chi connectivity index (χ4v) is 1.70. The number of aryl methyl sites for hydroxylation is 1. The van der Waals surface area contributed by atoms with Gasteiger partial charge in [0, 0.05) is 18.8 Å². The SMILES string of the molecule is Cn1ccc2cc(CN=C(C#N)C#N)ccc21. The van der Waals surface area contributed by atoms with Crippen molar-refractivity contribution in [1.82, 2.24) is 4.57 Å². The summed E-state index contributed by atoms with van der Waals surface area (Å²) in [4.78, 5) is 3.93. The molecule has 2 aromatic rings. The largest absolute Gasteiger partial charge is 0.351 e. The van der Waals surface area contributed by atoms with Crippen molar-refractivity contribution in [2.45, 2.75) is 6.54 Å². The van der Waals surface area contributed by atoms with E-state index in [0.29, 0.717) is 6.54 Å². The van der Waals surface area contributed by atoms with Crippen LogP contribution >= 0.6 is 0 Å². The molecule has 0 saturated carbocycles. The molecule has 0 unspecified atom stereocenters. The van der Waals surface area contributed by atoms with Crippen molar-refractivity contribution >= 4 is 16.6 Å². The smallest absolute Gasteiger partial charge is 0.213 e. The second-order valence-corrected chi connectivity index (χ2v) is 3.71. The average molecular weight is 222 g/mol. The Bertz CT molecular complexity index is 649. The minimum atomic E-state index is -0.0850. The molecular weight excluding hydrogens is 212 g/mol. The van der Waals surface area contributed by atoms with Gasteiger partial charge in [0.2, 0.25) is 5.71 Å². The first-order chi connectivity index (χ1) is 8.24. The first kappa shape index (κ1) is 10.9. The Morgan fingerprint density at radius 3 is 2.76 bits per heavy atom. The molecule has 0 aliphatic heterocycles. The van der Waals surface area contributed by atoms with Gasteiger partial charge in [-0.25, -0.2) is 0 Å². The number of nitrogens with zero attached hydrogens (tertiary/aromatic N) is 4. The molecule has 4 heteroatoms. The predicted molar refractivity (Wildman–Crippen MR) is 65.3 cm³/mol. The summed E-state index contributed by atoms with van der Waals surface area (Å²) >= 11 is 0. The third-order valence-corrected chi connectivity index (χ3v) is 2.58. The summed E-state index contributed by atoms with van der Waals surface area (Å²) in [5.41, 5.74) is 2.06. The summed E-state index contributed by atoms with van der Waals surface area (Å²) in [6, 6.07) is 11.5. The Kier molecular flexibility index (Phi) is 2.89. The Hall–Kier alpha value is -2.59. The molecule has 0 spiro atoms. The highest BCUT2D eigenvalue weighted by Gasteiger charge is 2.00. The molecule has 17 heavy (non-hydrogen) atoms. The molecule has 1 heterocycles. The Morgan fingerprint density at radius 1 is 1.29 bits per heavy atom. The van der Waals surface area contributed by atoms with Gasteiger partial charge in [0.25, 0.3) is 0 Å². The summed E-state index contributed by atoms with van der Waals surface area (Å²) in [7, 11) is 1.99. The van der Waals surface area contributed by atoms with Crippen LogP contribution in [0.15, 0.2) is 35.5 Å². The van der Waals surface area contributed by atoms with Crippen LogP contribution in [0.25, 0.3) is 10.9 Å². The second kappa shape index (κ2) is 4.51. The molecule has 0 N–H and O–H groups in total. The van der Waals surface area contributed by atoms with Crippen molar-refractivity contribution in [3.05, 3.63) is 36.0 Å². The Balaban J connectivity index is 2.30. The third kappa shape index (κ3) is 2.16. The first-order valence-corrected chi connectivity index (χ1v) is 5.13. The first-order valence-electron chi connectivity index (χ1n) is 5.13. The molecule has 1 aromatic heterocycles. The lowest BCUT2D eigenvalue weighted by atomic mass is 10.1. The molecule has 1 aromatic carbocycles. The minimum absolute atomic E-state index is 0.0850. The van der Waals surface area contributed by atoms with Crippen molar-refractivity contribution in [2.75, 3.05) is 0 Å². The summed E-state index contributed by atoms with van der Waals surface area (Å²) in [6.45, 7) is 0.362. The predicted octanol–water partition coefficient (Wildman–Crippen LogP) is 2.17. The number of nitriles is 2. The zero-order valence-corrected chi connectivity index (χ0v) is 9.38. The molecule has 4 nitrogen and oxygen atoms in total. The van der Waals surface area contributed by atoms with Crippen LogP contribution in [0.5, 0.6) is 0 Å². The van der Waals surface area contributed by atoms with Crippen LogP contribution in [0.4, 0.5) is 0 Å². The van der Waals surface area contributed by atoms with E-state index < -0.39 is 0 Å². The van der Waals surface area contributed by atoms with Gasteiger partial charge in [-0.3, -0.25) is 4.99 Å². The van der Waals surface area contributed by atoms with Crippen LogP contribution < -0.4 is 0 Å². The van der Waals surface area contributed by atoms with E-state index in [-0.39, 0.29) is 5.71 Å². The van der Waals surface area contributed by atoms with Crippen LogP contribution in [-0.2, 0) is 13.6 Å². The molecule has 0 saturated heterocycles. The molecule has 82 valence electrons. The molecule has 0 amide bonds. The number of fused-ring (bicyclic) bond motifs is 1. The van der Waals surface area contributed by atoms with E-state index >= 15 is 0 Å². The molecule has 0 atom stereocenters. The van der Waals surface area contributed by atoms with Crippen LogP contribution in [0.3, 0.4) is 0 Å². The molecule has 0 bridgehead atoms. The van der Waals surface area contributed by atoms with Gasteiger partial charge < -0.3 is 4.57 Å². The Labute approximate surface area is 99.0 Å². The van der Waals surface area contributed by atoms with Gasteiger partial charge in [-0.05, 0) is 29.1 Å². The van der Waals surface area contributed by atoms with Crippen molar-refractivity contribution in [3.63, 3.8) is 0 Å². The quantitative estimate of drug-likeness (QED) is 0.731. The third-order valence-electron chi connectivity index (χ3n) is 2.58. The highest BCUT2D eigenvalue weighted by Crippen LogP contribution is 2.17. The van der Waals surface area contributed by atoms with Crippen LogP contribution in [0, 0.1) is 22.7 Å². The maximum atomic E-state index is 8.57.